The predicted molar refractivity (Wildman–Crippen MR) is 121 cm³/mol. The number of hydrogen-bond donors (Lipinski definition) is 3. The summed E-state index contributed by atoms with van der Waals surface area (Å²) >= 11 is 0. The molecule has 2 aromatic heterocycles. The Morgan fingerprint density at radius 2 is 2.12 bits per heavy atom. The quantitative estimate of drug-likeness (QED) is 0.519. The highest BCUT2D eigenvalue weighted by Crippen LogP contribution is 2.33. The lowest BCUT2D eigenvalue weighted by Crippen LogP contribution is -2.37. The summed E-state index contributed by atoms with van der Waals surface area (Å²) in [5, 5.41) is 20.3. The van der Waals surface area contributed by atoms with Crippen molar-refractivity contribution in [1.29, 1.82) is 0 Å². The predicted octanol–water partition coefficient (Wildman–Crippen LogP) is 3.15. The van der Waals surface area contributed by atoms with Crippen LogP contribution in [-0.4, -0.2) is 62.8 Å². The smallest absolute Gasteiger partial charge is 0.317 e. The molecule has 1 aromatic carbocycles. The minimum absolute atomic E-state index is 0.0451. The number of anilines is 1. The van der Waals surface area contributed by atoms with Gasteiger partial charge in [0.05, 0.1) is 23.6 Å². The Morgan fingerprint density at radius 3 is 2.81 bits per heavy atom. The van der Waals surface area contributed by atoms with Crippen molar-refractivity contribution in [2.75, 3.05) is 25.0 Å². The second kappa shape index (κ2) is 8.58. The molecule has 1 saturated heterocycles. The maximum absolute atomic E-state index is 13.0. The molecule has 1 aliphatic heterocycles. The summed E-state index contributed by atoms with van der Waals surface area (Å²) < 4.78 is 5.60. The van der Waals surface area contributed by atoms with Crippen LogP contribution in [0.5, 0.6) is 5.88 Å². The van der Waals surface area contributed by atoms with Crippen molar-refractivity contribution in [3.63, 3.8) is 0 Å². The van der Waals surface area contributed by atoms with Crippen molar-refractivity contribution in [1.82, 2.24) is 20.1 Å². The molecule has 3 heterocycles. The average Bonchev–Trinajstić information content (AvgIpc) is 3.32. The number of aliphatic carboxylic acids is 1. The number of aromatic nitrogens is 3. The molecule has 1 fully saturated rings. The molecule has 0 spiro atoms. The second-order valence-corrected chi connectivity index (χ2v) is 8.75. The first kappa shape index (κ1) is 21.8. The SMILES string of the molecule is CC(C)Oc1ccc(-c2n[nH]c3ccc(NC(=O)[C@]4(C)CCN(CC(=O)O)C4)cc23)cn1. The van der Waals surface area contributed by atoms with E-state index in [2.05, 4.69) is 20.5 Å². The second-order valence-electron chi connectivity index (χ2n) is 8.75. The number of carbonyl (C=O) groups excluding carboxylic acids is 1. The van der Waals surface area contributed by atoms with Crippen LogP contribution in [0, 0.1) is 5.41 Å². The molecule has 9 heteroatoms. The summed E-state index contributed by atoms with van der Waals surface area (Å²) in [6.07, 6.45) is 2.38. The molecule has 32 heavy (non-hydrogen) atoms. The number of H-pyrrole nitrogens is 1. The molecule has 1 amide bonds. The molecule has 0 saturated carbocycles. The van der Waals surface area contributed by atoms with Crippen LogP contribution in [0.1, 0.15) is 27.2 Å². The van der Waals surface area contributed by atoms with Crippen LogP contribution in [0.3, 0.4) is 0 Å². The largest absolute Gasteiger partial charge is 0.480 e. The number of ether oxygens (including phenoxy) is 1. The molecule has 3 N–H and O–H groups in total. The van der Waals surface area contributed by atoms with Gasteiger partial charge in [-0.2, -0.15) is 5.10 Å². The highest BCUT2D eigenvalue weighted by Gasteiger charge is 2.40. The molecule has 1 atom stereocenters. The third-order valence-corrected chi connectivity index (χ3v) is 5.65. The zero-order chi connectivity index (χ0) is 22.9. The number of pyridine rings is 1. The van der Waals surface area contributed by atoms with Crippen molar-refractivity contribution in [2.24, 2.45) is 5.41 Å². The maximum atomic E-state index is 13.0. The number of carboxylic acid groups (broad SMARTS) is 1. The van der Waals surface area contributed by atoms with Gasteiger partial charge in [0.2, 0.25) is 11.8 Å². The summed E-state index contributed by atoms with van der Waals surface area (Å²) in [5.41, 5.74) is 2.44. The van der Waals surface area contributed by atoms with Gasteiger partial charge in [0, 0.05) is 35.4 Å². The van der Waals surface area contributed by atoms with Crippen molar-refractivity contribution in [3.8, 4) is 17.1 Å². The zero-order valence-electron chi connectivity index (χ0n) is 18.4. The number of amides is 1. The summed E-state index contributed by atoms with van der Waals surface area (Å²) in [4.78, 5) is 30.1. The molecular weight excluding hydrogens is 410 g/mol. The third kappa shape index (κ3) is 4.57. The fourth-order valence-electron chi connectivity index (χ4n) is 3.99. The number of carbonyl (C=O) groups is 2. The number of aromatic amines is 1. The van der Waals surface area contributed by atoms with Crippen molar-refractivity contribution < 1.29 is 19.4 Å². The van der Waals surface area contributed by atoms with Crippen molar-refractivity contribution in [3.05, 3.63) is 36.5 Å². The number of hydrogen-bond acceptors (Lipinski definition) is 6. The van der Waals surface area contributed by atoms with E-state index in [9.17, 15) is 9.59 Å². The average molecular weight is 438 g/mol. The first-order valence-corrected chi connectivity index (χ1v) is 10.6. The van der Waals surface area contributed by atoms with E-state index in [1.807, 2.05) is 51.1 Å². The van der Waals surface area contributed by atoms with Gasteiger partial charge in [-0.25, -0.2) is 4.98 Å². The molecule has 0 radical (unpaired) electrons. The Kier molecular flexibility index (Phi) is 5.84. The van der Waals surface area contributed by atoms with E-state index in [1.54, 1.807) is 11.1 Å². The van der Waals surface area contributed by atoms with Crippen LogP contribution in [0.2, 0.25) is 0 Å². The van der Waals surface area contributed by atoms with Gasteiger partial charge < -0.3 is 15.2 Å². The van der Waals surface area contributed by atoms with E-state index in [4.69, 9.17) is 9.84 Å². The van der Waals surface area contributed by atoms with Gasteiger partial charge >= 0.3 is 5.97 Å². The van der Waals surface area contributed by atoms with Gasteiger partial charge in [-0.3, -0.25) is 19.6 Å². The summed E-state index contributed by atoms with van der Waals surface area (Å²) in [6, 6.07) is 9.30. The summed E-state index contributed by atoms with van der Waals surface area (Å²) in [7, 11) is 0. The van der Waals surface area contributed by atoms with Gasteiger partial charge in [0.1, 0.15) is 5.69 Å². The van der Waals surface area contributed by atoms with E-state index >= 15 is 0 Å². The Balaban J connectivity index is 1.53. The number of nitrogens with zero attached hydrogens (tertiary/aromatic N) is 3. The lowest BCUT2D eigenvalue weighted by Gasteiger charge is -2.23. The van der Waals surface area contributed by atoms with E-state index in [1.165, 1.54) is 0 Å². The monoisotopic (exact) mass is 437 g/mol. The molecule has 0 bridgehead atoms. The number of rotatable bonds is 7. The molecular formula is C23H27N5O4. The fourth-order valence-corrected chi connectivity index (χ4v) is 3.99. The van der Waals surface area contributed by atoms with Crippen LogP contribution >= 0.6 is 0 Å². The highest BCUT2D eigenvalue weighted by molar-refractivity contribution is 6.00. The maximum Gasteiger partial charge on any atom is 0.317 e. The van der Waals surface area contributed by atoms with Gasteiger partial charge in [0.15, 0.2) is 0 Å². The number of benzene rings is 1. The van der Waals surface area contributed by atoms with Crippen LogP contribution in [0.4, 0.5) is 5.69 Å². The lowest BCUT2D eigenvalue weighted by molar-refractivity contribution is -0.138. The van der Waals surface area contributed by atoms with Gasteiger partial charge in [0.25, 0.3) is 0 Å². The van der Waals surface area contributed by atoms with Crippen molar-refractivity contribution >= 4 is 28.5 Å². The normalized spacial score (nSPS) is 18.9. The Hall–Kier alpha value is -3.46. The fraction of sp³-hybridized carbons (Fsp3) is 0.391. The summed E-state index contributed by atoms with van der Waals surface area (Å²) in [5.74, 6) is -0.448. The van der Waals surface area contributed by atoms with E-state index in [-0.39, 0.29) is 18.6 Å². The minimum atomic E-state index is -0.883. The molecule has 0 unspecified atom stereocenters. The first-order chi connectivity index (χ1) is 15.2. The van der Waals surface area contributed by atoms with Crippen LogP contribution in [-0.2, 0) is 9.59 Å². The summed E-state index contributed by atoms with van der Waals surface area (Å²) in [6.45, 7) is 6.72. The molecule has 1 aliphatic rings. The zero-order valence-corrected chi connectivity index (χ0v) is 18.4. The number of likely N-dealkylation sites (tertiary alicyclic amines) is 1. The van der Waals surface area contributed by atoms with Crippen molar-refractivity contribution in [2.45, 2.75) is 33.3 Å². The number of nitrogens with one attached hydrogen (secondary N) is 2. The molecule has 3 aromatic rings. The Morgan fingerprint density at radius 1 is 1.31 bits per heavy atom. The first-order valence-electron chi connectivity index (χ1n) is 10.6. The topological polar surface area (TPSA) is 120 Å². The Bertz CT molecular complexity index is 1140. The molecule has 4 rings (SSSR count). The standard InChI is InChI=1S/C23H27N5O4/c1-14(2)32-19-7-4-15(11-24-19)21-17-10-16(5-6-18(17)26-27-21)25-22(31)23(3)8-9-28(13-23)12-20(29)30/h4-7,10-11,14H,8-9,12-13H2,1-3H3,(H,25,31)(H,26,27)(H,29,30)/t23-/m1/s1. The third-order valence-electron chi connectivity index (χ3n) is 5.65. The lowest BCUT2D eigenvalue weighted by atomic mass is 9.88. The minimum Gasteiger partial charge on any atom is -0.480 e. The van der Waals surface area contributed by atoms with Crippen LogP contribution in [0.15, 0.2) is 36.5 Å². The highest BCUT2D eigenvalue weighted by atomic mass is 16.5. The Labute approximate surface area is 185 Å². The van der Waals surface area contributed by atoms with Crippen LogP contribution in [0.25, 0.3) is 22.2 Å². The van der Waals surface area contributed by atoms with Crippen LogP contribution < -0.4 is 10.1 Å². The van der Waals surface area contributed by atoms with Gasteiger partial charge in [-0.1, -0.05) is 0 Å². The molecule has 0 aliphatic carbocycles. The van der Waals surface area contributed by atoms with Gasteiger partial charge in [-0.05, 0) is 58.0 Å². The van der Waals surface area contributed by atoms with E-state index < -0.39 is 11.4 Å². The molecule has 9 nitrogen and oxygen atoms in total. The van der Waals surface area contributed by atoms with E-state index in [0.717, 1.165) is 22.2 Å². The number of carboxylic acids is 1. The van der Waals surface area contributed by atoms with Gasteiger partial charge in [-0.15, -0.1) is 0 Å². The van der Waals surface area contributed by atoms with E-state index in [0.29, 0.717) is 31.1 Å². The molecule has 168 valence electrons. The number of fused-ring (bicyclic) bond motifs is 1.